The average Bonchev–Trinajstić information content (AvgIpc) is 2.67. The number of alkyl halides is 3. The number of aryl methyl sites for hydroxylation is 1. The second kappa shape index (κ2) is 7.84. The van der Waals surface area contributed by atoms with Crippen molar-refractivity contribution in [1.82, 2.24) is 4.98 Å². The summed E-state index contributed by atoms with van der Waals surface area (Å²) in [5, 5.41) is 0. The SMILES string of the molecule is COC(=O)c1ccc(-c2cc(Cc3cccc(C(F)(F)F)c3)ccn2)cc1C. The molecule has 3 nitrogen and oxygen atoms in total. The molecular weight excluding hydrogens is 367 g/mol. The molecule has 3 aromatic rings. The first kappa shape index (κ1) is 19.6. The molecule has 2 aromatic carbocycles. The number of ether oxygens (including phenoxy) is 1. The quantitative estimate of drug-likeness (QED) is 0.561. The average molecular weight is 385 g/mol. The summed E-state index contributed by atoms with van der Waals surface area (Å²) >= 11 is 0. The Morgan fingerprint density at radius 3 is 2.46 bits per heavy atom. The number of nitrogens with zero attached hydrogens (tertiary/aromatic N) is 1. The standard InChI is InChI=1S/C22H18F3NO2/c1-14-10-17(6-7-19(14)21(27)28-2)20-13-16(8-9-26-20)11-15-4-3-5-18(12-15)22(23,24)25/h3-10,12-13H,11H2,1-2H3. The molecule has 3 rings (SSSR count). The molecule has 0 aliphatic carbocycles. The van der Waals surface area contributed by atoms with Crippen molar-refractivity contribution in [3.05, 3.63) is 88.6 Å². The maximum atomic E-state index is 12.9. The monoisotopic (exact) mass is 385 g/mol. The lowest BCUT2D eigenvalue weighted by atomic mass is 9.99. The zero-order chi connectivity index (χ0) is 20.3. The lowest BCUT2D eigenvalue weighted by Gasteiger charge is -2.10. The van der Waals surface area contributed by atoms with Crippen LogP contribution in [0.15, 0.2) is 60.8 Å². The van der Waals surface area contributed by atoms with Gasteiger partial charge < -0.3 is 4.74 Å². The van der Waals surface area contributed by atoms with Gasteiger partial charge in [-0.2, -0.15) is 13.2 Å². The van der Waals surface area contributed by atoms with E-state index in [-0.39, 0.29) is 0 Å². The third kappa shape index (κ3) is 4.39. The first-order chi connectivity index (χ1) is 13.3. The van der Waals surface area contributed by atoms with E-state index in [0.717, 1.165) is 28.8 Å². The molecule has 0 atom stereocenters. The Hall–Kier alpha value is -3.15. The summed E-state index contributed by atoms with van der Waals surface area (Å²) in [6.45, 7) is 1.81. The summed E-state index contributed by atoms with van der Waals surface area (Å²) in [5.74, 6) is -0.407. The number of rotatable bonds is 4. The van der Waals surface area contributed by atoms with Crippen LogP contribution in [0.4, 0.5) is 13.2 Å². The molecule has 0 N–H and O–H groups in total. The van der Waals surface area contributed by atoms with Gasteiger partial charge in [-0.05, 0) is 60.4 Å². The highest BCUT2D eigenvalue weighted by Gasteiger charge is 2.30. The van der Waals surface area contributed by atoms with Gasteiger partial charge in [0.1, 0.15) is 0 Å². The minimum absolute atomic E-state index is 0.360. The van der Waals surface area contributed by atoms with Gasteiger partial charge in [0.15, 0.2) is 0 Å². The van der Waals surface area contributed by atoms with E-state index in [2.05, 4.69) is 4.98 Å². The van der Waals surface area contributed by atoms with Crippen LogP contribution in [0.1, 0.15) is 32.6 Å². The third-order valence-electron chi connectivity index (χ3n) is 4.41. The molecule has 0 unspecified atom stereocenters. The Kier molecular flexibility index (Phi) is 5.49. The van der Waals surface area contributed by atoms with Gasteiger partial charge >= 0.3 is 12.1 Å². The van der Waals surface area contributed by atoms with Crippen LogP contribution in [0.25, 0.3) is 11.3 Å². The zero-order valence-corrected chi connectivity index (χ0v) is 15.4. The fourth-order valence-corrected chi connectivity index (χ4v) is 3.00. The first-order valence-corrected chi connectivity index (χ1v) is 8.58. The number of esters is 1. The zero-order valence-electron chi connectivity index (χ0n) is 15.4. The summed E-state index contributed by atoms with van der Waals surface area (Å²) in [5.41, 5.74) is 3.50. The van der Waals surface area contributed by atoms with E-state index in [9.17, 15) is 18.0 Å². The number of aromatic nitrogens is 1. The Balaban J connectivity index is 1.87. The number of carbonyl (C=O) groups is 1. The molecule has 0 bridgehead atoms. The van der Waals surface area contributed by atoms with Gasteiger partial charge in [-0.15, -0.1) is 0 Å². The highest BCUT2D eigenvalue weighted by molar-refractivity contribution is 5.91. The molecule has 1 aromatic heterocycles. The predicted molar refractivity (Wildman–Crippen MR) is 100.0 cm³/mol. The number of benzene rings is 2. The fourth-order valence-electron chi connectivity index (χ4n) is 3.00. The molecule has 0 fully saturated rings. The number of carbonyl (C=O) groups excluding carboxylic acids is 1. The van der Waals surface area contributed by atoms with Gasteiger partial charge in [0, 0.05) is 11.8 Å². The molecule has 0 spiro atoms. The van der Waals surface area contributed by atoms with E-state index in [1.165, 1.54) is 13.2 Å². The topological polar surface area (TPSA) is 39.2 Å². The number of halogens is 3. The molecule has 0 aliphatic rings. The van der Waals surface area contributed by atoms with Crippen LogP contribution in [-0.4, -0.2) is 18.1 Å². The Labute approximate surface area is 160 Å². The first-order valence-electron chi connectivity index (χ1n) is 8.58. The van der Waals surface area contributed by atoms with Crippen LogP contribution in [0.3, 0.4) is 0 Å². The summed E-state index contributed by atoms with van der Waals surface area (Å²) in [4.78, 5) is 16.1. The Morgan fingerprint density at radius 1 is 1.04 bits per heavy atom. The van der Waals surface area contributed by atoms with Gasteiger partial charge in [-0.1, -0.05) is 24.3 Å². The summed E-state index contributed by atoms with van der Waals surface area (Å²) in [7, 11) is 1.33. The minimum atomic E-state index is -4.36. The van der Waals surface area contributed by atoms with E-state index < -0.39 is 17.7 Å². The van der Waals surface area contributed by atoms with Crippen molar-refractivity contribution >= 4 is 5.97 Å². The Bertz CT molecular complexity index is 1010. The van der Waals surface area contributed by atoms with Crippen LogP contribution >= 0.6 is 0 Å². The van der Waals surface area contributed by atoms with Crippen molar-refractivity contribution in [2.24, 2.45) is 0 Å². The number of hydrogen-bond acceptors (Lipinski definition) is 3. The van der Waals surface area contributed by atoms with Crippen molar-refractivity contribution in [1.29, 1.82) is 0 Å². The van der Waals surface area contributed by atoms with Crippen molar-refractivity contribution < 1.29 is 22.7 Å². The second-order valence-corrected chi connectivity index (χ2v) is 6.45. The highest BCUT2D eigenvalue weighted by Crippen LogP contribution is 2.30. The molecule has 0 saturated carbocycles. The van der Waals surface area contributed by atoms with Gasteiger partial charge in [0.25, 0.3) is 0 Å². The Morgan fingerprint density at radius 2 is 1.79 bits per heavy atom. The normalized spacial score (nSPS) is 11.3. The second-order valence-electron chi connectivity index (χ2n) is 6.45. The van der Waals surface area contributed by atoms with Crippen LogP contribution in [0, 0.1) is 6.92 Å². The van der Waals surface area contributed by atoms with Crippen LogP contribution in [-0.2, 0) is 17.3 Å². The molecular formula is C22H18F3NO2. The summed E-state index contributed by atoms with van der Waals surface area (Å²) in [6.07, 6.45) is -2.38. The lowest BCUT2D eigenvalue weighted by molar-refractivity contribution is -0.137. The maximum Gasteiger partial charge on any atom is 0.416 e. The van der Waals surface area contributed by atoms with Gasteiger partial charge in [0.05, 0.1) is 23.9 Å². The van der Waals surface area contributed by atoms with E-state index >= 15 is 0 Å². The van der Waals surface area contributed by atoms with E-state index in [1.807, 2.05) is 19.1 Å². The molecule has 0 amide bonds. The van der Waals surface area contributed by atoms with Crippen LogP contribution < -0.4 is 0 Å². The maximum absolute atomic E-state index is 12.9. The highest BCUT2D eigenvalue weighted by atomic mass is 19.4. The molecule has 144 valence electrons. The van der Waals surface area contributed by atoms with E-state index in [4.69, 9.17) is 4.74 Å². The van der Waals surface area contributed by atoms with Crippen molar-refractivity contribution in [2.75, 3.05) is 7.11 Å². The smallest absolute Gasteiger partial charge is 0.416 e. The molecule has 1 heterocycles. The molecule has 0 saturated heterocycles. The number of methoxy groups -OCH3 is 1. The summed E-state index contributed by atoms with van der Waals surface area (Å²) in [6, 6.07) is 14.2. The van der Waals surface area contributed by atoms with Gasteiger partial charge in [-0.25, -0.2) is 4.79 Å². The van der Waals surface area contributed by atoms with Crippen molar-refractivity contribution in [3.8, 4) is 11.3 Å². The molecule has 0 radical (unpaired) electrons. The van der Waals surface area contributed by atoms with Gasteiger partial charge in [0.2, 0.25) is 0 Å². The molecule has 6 heteroatoms. The minimum Gasteiger partial charge on any atom is -0.465 e. The predicted octanol–water partition coefficient (Wildman–Crippen LogP) is 5.45. The van der Waals surface area contributed by atoms with Crippen molar-refractivity contribution in [2.45, 2.75) is 19.5 Å². The summed E-state index contributed by atoms with van der Waals surface area (Å²) < 4.78 is 43.5. The van der Waals surface area contributed by atoms with E-state index in [1.54, 1.807) is 30.5 Å². The third-order valence-corrected chi connectivity index (χ3v) is 4.41. The molecule has 28 heavy (non-hydrogen) atoms. The fraction of sp³-hybridized carbons (Fsp3) is 0.182. The number of hydrogen-bond donors (Lipinski definition) is 0. The van der Waals surface area contributed by atoms with Crippen LogP contribution in [0.5, 0.6) is 0 Å². The molecule has 0 aliphatic heterocycles. The van der Waals surface area contributed by atoms with Crippen molar-refractivity contribution in [3.63, 3.8) is 0 Å². The lowest BCUT2D eigenvalue weighted by Crippen LogP contribution is -2.05. The van der Waals surface area contributed by atoms with Crippen LogP contribution in [0.2, 0.25) is 0 Å². The number of pyridine rings is 1. The van der Waals surface area contributed by atoms with Gasteiger partial charge in [-0.3, -0.25) is 4.98 Å². The largest absolute Gasteiger partial charge is 0.465 e. The van der Waals surface area contributed by atoms with E-state index in [0.29, 0.717) is 23.2 Å².